The van der Waals surface area contributed by atoms with Gasteiger partial charge in [0.15, 0.2) is 0 Å². The normalized spacial score (nSPS) is 14.4. The van der Waals surface area contributed by atoms with E-state index in [1.165, 1.54) is 0 Å². The Hall–Kier alpha value is -1.62. The van der Waals surface area contributed by atoms with Gasteiger partial charge in [0, 0.05) is 23.0 Å². The molecule has 1 amide bonds. The van der Waals surface area contributed by atoms with E-state index in [1.807, 2.05) is 29.2 Å². The maximum atomic E-state index is 12.3. The smallest absolute Gasteiger partial charge is 0.254 e. The lowest BCUT2D eigenvalue weighted by Crippen LogP contribution is -2.36. The summed E-state index contributed by atoms with van der Waals surface area (Å²) in [5.74, 6) is 0.0720. The summed E-state index contributed by atoms with van der Waals surface area (Å²) in [4.78, 5) is 21.5. The molecule has 1 aromatic carbocycles. The molecule has 2 heterocycles. The molecule has 5 heteroatoms. The van der Waals surface area contributed by atoms with Gasteiger partial charge in [-0.3, -0.25) is 4.79 Å². The molecule has 18 heavy (non-hydrogen) atoms. The number of aromatic amines is 1. The molecule has 0 bridgehead atoms. The highest BCUT2D eigenvalue weighted by Gasteiger charge is 2.22. The third kappa shape index (κ3) is 2.06. The van der Waals surface area contributed by atoms with Crippen molar-refractivity contribution in [2.75, 3.05) is 6.54 Å². The lowest BCUT2D eigenvalue weighted by Gasteiger charge is -2.26. The van der Waals surface area contributed by atoms with Gasteiger partial charge in [-0.15, -0.1) is 0 Å². The molecule has 1 aromatic heterocycles. The average molecular weight is 306 g/mol. The second-order valence-electron chi connectivity index (χ2n) is 4.31. The highest BCUT2D eigenvalue weighted by Crippen LogP contribution is 2.18. The van der Waals surface area contributed by atoms with E-state index in [9.17, 15) is 4.79 Å². The number of hydrogen-bond donors (Lipinski definition) is 1. The average Bonchev–Trinajstić information content (AvgIpc) is 2.86. The minimum atomic E-state index is 0.0720. The van der Waals surface area contributed by atoms with Crippen molar-refractivity contribution in [2.24, 2.45) is 0 Å². The second-order valence-corrected chi connectivity index (χ2v) is 5.23. The van der Waals surface area contributed by atoms with Crippen LogP contribution in [-0.4, -0.2) is 27.3 Å². The van der Waals surface area contributed by atoms with E-state index in [4.69, 9.17) is 0 Å². The van der Waals surface area contributed by atoms with Gasteiger partial charge in [-0.1, -0.05) is 15.9 Å². The number of hydrogen-bond acceptors (Lipinski definition) is 2. The van der Waals surface area contributed by atoms with Crippen molar-refractivity contribution in [3.8, 4) is 0 Å². The fraction of sp³-hybridized carbons (Fsp3) is 0.231. The van der Waals surface area contributed by atoms with Gasteiger partial charge in [-0.25, -0.2) is 4.98 Å². The molecule has 3 rings (SSSR count). The van der Waals surface area contributed by atoms with E-state index >= 15 is 0 Å². The van der Waals surface area contributed by atoms with Crippen LogP contribution in [0.3, 0.4) is 0 Å². The summed E-state index contributed by atoms with van der Waals surface area (Å²) < 4.78 is 0.980. The topological polar surface area (TPSA) is 49.0 Å². The van der Waals surface area contributed by atoms with Crippen molar-refractivity contribution in [2.45, 2.75) is 13.0 Å². The van der Waals surface area contributed by atoms with Gasteiger partial charge >= 0.3 is 0 Å². The van der Waals surface area contributed by atoms with Crippen LogP contribution in [0.15, 0.2) is 35.1 Å². The summed E-state index contributed by atoms with van der Waals surface area (Å²) in [6.45, 7) is 1.34. The van der Waals surface area contributed by atoms with E-state index in [0.717, 1.165) is 34.4 Å². The SMILES string of the molecule is O=C(c1ccc(Br)cc1)N1CCc2nc[nH]c2C1. The van der Waals surface area contributed by atoms with Crippen LogP contribution in [0.25, 0.3) is 0 Å². The summed E-state index contributed by atoms with van der Waals surface area (Å²) in [6.07, 6.45) is 2.51. The Balaban J connectivity index is 1.80. The standard InChI is InChI=1S/C13H12BrN3O/c14-10-3-1-9(2-4-10)13(18)17-6-5-11-12(7-17)16-8-15-11/h1-4,8H,5-7H2,(H,15,16). The zero-order valence-electron chi connectivity index (χ0n) is 9.69. The Bertz CT molecular complexity index is 576. The minimum absolute atomic E-state index is 0.0720. The molecule has 1 N–H and O–H groups in total. The fourth-order valence-corrected chi connectivity index (χ4v) is 2.43. The Morgan fingerprint density at radius 1 is 1.33 bits per heavy atom. The molecule has 4 nitrogen and oxygen atoms in total. The van der Waals surface area contributed by atoms with Gasteiger partial charge < -0.3 is 9.88 Å². The van der Waals surface area contributed by atoms with Crippen LogP contribution in [0.1, 0.15) is 21.7 Å². The summed E-state index contributed by atoms with van der Waals surface area (Å²) >= 11 is 3.37. The Morgan fingerprint density at radius 2 is 2.11 bits per heavy atom. The van der Waals surface area contributed by atoms with Crippen LogP contribution in [0.4, 0.5) is 0 Å². The largest absolute Gasteiger partial charge is 0.347 e. The van der Waals surface area contributed by atoms with Crippen LogP contribution in [0.5, 0.6) is 0 Å². The van der Waals surface area contributed by atoms with Gasteiger partial charge in [0.25, 0.3) is 5.91 Å². The maximum Gasteiger partial charge on any atom is 0.254 e. The summed E-state index contributed by atoms with van der Waals surface area (Å²) in [5.41, 5.74) is 2.85. The highest BCUT2D eigenvalue weighted by atomic mass is 79.9. The molecule has 0 saturated heterocycles. The number of H-pyrrole nitrogens is 1. The van der Waals surface area contributed by atoms with Crippen LogP contribution in [0.2, 0.25) is 0 Å². The molecule has 2 aromatic rings. The van der Waals surface area contributed by atoms with E-state index in [2.05, 4.69) is 25.9 Å². The number of aromatic nitrogens is 2. The van der Waals surface area contributed by atoms with Crippen molar-refractivity contribution in [3.63, 3.8) is 0 Å². The first kappa shape index (κ1) is 11.5. The molecule has 1 aliphatic rings. The van der Waals surface area contributed by atoms with E-state index in [1.54, 1.807) is 6.33 Å². The number of amides is 1. The van der Waals surface area contributed by atoms with Crippen LogP contribution in [-0.2, 0) is 13.0 Å². The Kier molecular flexibility index (Phi) is 2.91. The Morgan fingerprint density at radius 3 is 2.89 bits per heavy atom. The predicted octanol–water partition coefficient (Wildman–Crippen LogP) is 2.37. The quantitative estimate of drug-likeness (QED) is 0.879. The number of benzene rings is 1. The molecule has 0 atom stereocenters. The van der Waals surface area contributed by atoms with Crippen molar-refractivity contribution in [3.05, 3.63) is 52.0 Å². The van der Waals surface area contributed by atoms with Gasteiger partial charge in [-0.05, 0) is 24.3 Å². The van der Waals surface area contributed by atoms with Gasteiger partial charge in [-0.2, -0.15) is 0 Å². The number of rotatable bonds is 1. The van der Waals surface area contributed by atoms with Crippen LogP contribution >= 0.6 is 15.9 Å². The number of nitrogens with one attached hydrogen (secondary N) is 1. The van der Waals surface area contributed by atoms with Crippen molar-refractivity contribution < 1.29 is 4.79 Å². The summed E-state index contributed by atoms with van der Waals surface area (Å²) in [7, 11) is 0. The van der Waals surface area contributed by atoms with Gasteiger partial charge in [0.1, 0.15) is 0 Å². The molecule has 0 fully saturated rings. The van der Waals surface area contributed by atoms with Gasteiger partial charge in [0.2, 0.25) is 0 Å². The van der Waals surface area contributed by atoms with E-state index in [-0.39, 0.29) is 5.91 Å². The molecule has 0 unspecified atom stereocenters. The molecular weight excluding hydrogens is 294 g/mol. The second kappa shape index (κ2) is 4.57. The van der Waals surface area contributed by atoms with Crippen LogP contribution < -0.4 is 0 Å². The molecule has 1 aliphatic heterocycles. The first-order chi connectivity index (χ1) is 8.74. The third-order valence-electron chi connectivity index (χ3n) is 3.15. The number of carbonyl (C=O) groups excluding carboxylic acids is 1. The predicted molar refractivity (Wildman–Crippen MR) is 71.2 cm³/mol. The third-order valence-corrected chi connectivity index (χ3v) is 3.68. The lowest BCUT2D eigenvalue weighted by molar-refractivity contribution is 0.0732. The monoisotopic (exact) mass is 305 g/mol. The fourth-order valence-electron chi connectivity index (χ4n) is 2.16. The number of nitrogens with zero attached hydrogens (tertiary/aromatic N) is 2. The minimum Gasteiger partial charge on any atom is -0.347 e. The molecule has 0 aliphatic carbocycles. The molecule has 0 saturated carbocycles. The summed E-state index contributed by atoms with van der Waals surface area (Å²) in [5, 5.41) is 0. The first-order valence-electron chi connectivity index (χ1n) is 5.80. The molecule has 0 spiro atoms. The zero-order valence-corrected chi connectivity index (χ0v) is 11.3. The number of imidazole rings is 1. The van der Waals surface area contributed by atoms with Crippen LogP contribution in [0, 0.1) is 0 Å². The number of halogens is 1. The number of fused-ring (bicyclic) bond motifs is 1. The van der Waals surface area contributed by atoms with E-state index < -0.39 is 0 Å². The molecule has 92 valence electrons. The van der Waals surface area contributed by atoms with E-state index in [0.29, 0.717) is 6.54 Å². The lowest BCUT2D eigenvalue weighted by atomic mass is 10.1. The first-order valence-corrected chi connectivity index (χ1v) is 6.59. The zero-order chi connectivity index (χ0) is 12.5. The highest BCUT2D eigenvalue weighted by molar-refractivity contribution is 9.10. The van der Waals surface area contributed by atoms with Crippen molar-refractivity contribution in [1.29, 1.82) is 0 Å². The summed E-state index contributed by atoms with van der Waals surface area (Å²) in [6, 6.07) is 7.46. The maximum absolute atomic E-state index is 12.3. The molecular formula is C13H12BrN3O. The van der Waals surface area contributed by atoms with Crippen molar-refractivity contribution in [1.82, 2.24) is 14.9 Å². The number of carbonyl (C=O) groups is 1. The Labute approximate surface area is 113 Å². The van der Waals surface area contributed by atoms with Gasteiger partial charge in [0.05, 0.1) is 24.3 Å². The molecule has 0 radical (unpaired) electrons. The van der Waals surface area contributed by atoms with Crippen molar-refractivity contribution >= 4 is 21.8 Å².